The number of ketones is 1. The molecule has 17 heteroatoms. The monoisotopic (exact) mass is 829 g/mol. The molecule has 1 fully saturated rings. The molecular weight excluding hydrogens is 781 g/mol. The summed E-state index contributed by atoms with van der Waals surface area (Å²) in [7, 11) is 1.13. The molecule has 5 atom stereocenters. The molecule has 0 saturated carbocycles. The molecule has 2 unspecified atom stereocenters. The van der Waals surface area contributed by atoms with Crippen LogP contribution in [0, 0.1) is 11.3 Å². The lowest BCUT2D eigenvalue weighted by Crippen LogP contribution is -2.37. The SMILES string of the molecule is COc1cc(OC)cc(C(OC(=O)OC[C@H]2O[C@@H](n3ccc(NC(=O)c4ccccc4)nc3=O)C[C@@H]2OP(OCCC#N)N(C(C)C)C(C)C)C(=O)c2ccccc2)c1. The van der Waals surface area contributed by atoms with Gasteiger partial charge in [-0.1, -0.05) is 48.5 Å². The minimum Gasteiger partial charge on any atom is -0.497 e. The summed E-state index contributed by atoms with van der Waals surface area (Å²) in [5.74, 6) is -0.175. The smallest absolute Gasteiger partial charge is 0.497 e. The lowest BCUT2D eigenvalue weighted by Gasteiger charge is -2.37. The van der Waals surface area contributed by atoms with Gasteiger partial charge >= 0.3 is 11.8 Å². The molecule has 1 aliphatic heterocycles. The van der Waals surface area contributed by atoms with Crippen LogP contribution in [0.5, 0.6) is 11.5 Å². The van der Waals surface area contributed by atoms with Crippen LogP contribution in [-0.4, -0.2) is 83.8 Å². The van der Waals surface area contributed by atoms with Gasteiger partial charge in [0.25, 0.3) is 14.4 Å². The van der Waals surface area contributed by atoms with Gasteiger partial charge in [0.05, 0.1) is 39.4 Å². The summed E-state index contributed by atoms with van der Waals surface area (Å²) in [4.78, 5) is 57.6. The summed E-state index contributed by atoms with van der Waals surface area (Å²) in [5.41, 5.74) is 0.249. The molecule has 2 heterocycles. The molecule has 59 heavy (non-hydrogen) atoms. The molecule has 1 aliphatic rings. The third-order valence-electron chi connectivity index (χ3n) is 9.04. The minimum atomic E-state index is -1.79. The van der Waals surface area contributed by atoms with Gasteiger partial charge in [0.2, 0.25) is 5.78 Å². The van der Waals surface area contributed by atoms with Crippen LogP contribution in [0.3, 0.4) is 0 Å². The first-order valence-corrected chi connectivity index (χ1v) is 20.1. The number of carbonyl (C=O) groups excluding carboxylic acids is 3. The van der Waals surface area contributed by atoms with Crippen LogP contribution in [0.2, 0.25) is 0 Å². The second-order valence-electron chi connectivity index (χ2n) is 13.8. The molecule has 1 amide bonds. The summed E-state index contributed by atoms with van der Waals surface area (Å²) in [5, 5.41) is 11.9. The highest BCUT2D eigenvalue weighted by Crippen LogP contribution is 2.50. The van der Waals surface area contributed by atoms with E-state index in [-0.39, 0.29) is 48.5 Å². The van der Waals surface area contributed by atoms with Gasteiger partial charge in [-0.25, -0.2) is 14.3 Å². The Morgan fingerprint density at radius 1 is 0.949 bits per heavy atom. The van der Waals surface area contributed by atoms with Crippen molar-refractivity contribution in [1.29, 1.82) is 5.26 Å². The Labute approximate surface area is 343 Å². The van der Waals surface area contributed by atoms with Crippen LogP contribution in [0.15, 0.2) is 95.9 Å². The highest BCUT2D eigenvalue weighted by atomic mass is 31.2. The average molecular weight is 830 g/mol. The second kappa shape index (κ2) is 21.4. The third kappa shape index (κ3) is 11.9. The van der Waals surface area contributed by atoms with Crippen molar-refractivity contribution in [1.82, 2.24) is 14.2 Å². The van der Waals surface area contributed by atoms with Gasteiger partial charge in [0, 0.05) is 47.5 Å². The Morgan fingerprint density at radius 2 is 1.58 bits per heavy atom. The maximum absolute atomic E-state index is 13.8. The van der Waals surface area contributed by atoms with E-state index in [0.29, 0.717) is 17.1 Å². The predicted molar refractivity (Wildman–Crippen MR) is 217 cm³/mol. The summed E-state index contributed by atoms with van der Waals surface area (Å²) < 4.78 is 44.6. The highest BCUT2D eigenvalue weighted by Gasteiger charge is 2.42. The number of aromatic nitrogens is 2. The molecule has 1 saturated heterocycles. The predicted octanol–water partition coefficient (Wildman–Crippen LogP) is 7.24. The standard InChI is InChI=1S/C42H48N5O11P/c1-27(2)47(28(3)4)59(55-21-13-19-43)58-34-25-37(46-20-18-36(45-41(46)50)44-40(49)30-16-11-8-12-17-30)56-35(34)26-54-42(51)57-39(38(48)29-14-9-7-10-15-29)31-22-32(52-5)24-33(23-31)53-6/h7-12,14-18,20,22-24,27-28,34-35,37,39H,13,21,25-26H2,1-6H3,(H,44,45,49,50)/t34-,35+,37+,39?,59?/m0/s1. The largest absolute Gasteiger partial charge is 0.509 e. The topological polar surface area (TPSA) is 190 Å². The normalized spacial score (nSPS) is 17.3. The number of Topliss-reactive ketones (excluding diaryl/α,β-unsaturated/α-hetero) is 1. The number of carbonyl (C=O) groups is 3. The van der Waals surface area contributed by atoms with E-state index < -0.39 is 63.2 Å². The number of nitrogens with zero attached hydrogens (tertiary/aromatic N) is 4. The third-order valence-corrected chi connectivity index (χ3v) is 11.2. The van der Waals surface area contributed by atoms with Crippen LogP contribution in [0.25, 0.3) is 0 Å². The van der Waals surface area contributed by atoms with Crippen LogP contribution in [0.1, 0.15) is 79.1 Å². The van der Waals surface area contributed by atoms with E-state index in [1.165, 1.54) is 31.0 Å². The molecule has 16 nitrogen and oxygen atoms in total. The molecule has 4 aromatic rings. The Hall–Kier alpha value is -5.69. The fourth-order valence-corrected chi connectivity index (χ4v) is 8.07. The van der Waals surface area contributed by atoms with E-state index in [0.717, 1.165) is 0 Å². The molecule has 0 aliphatic carbocycles. The number of rotatable bonds is 19. The fourth-order valence-electron chi connectivity index (χ4n) is 6.31. The fraction of sp³-hybridized carbons (Fsp3) is 0.381. The number of nitriles is 1. The van der Waals surface area contributed by atoms with Crippen molar-refractivity contribution in [3.63, 3.8) is 0 Å². The van der Waals surface area contributed by atoms with E-state index in [9.17, 15) is 24.4 Å². The quantitative estimate of drug-likeness (QED) is 0.0431. The molecule has 5 rings (SSSR count). The molecule has 0 bridgehead atoms. The van der Waals surface area contributed by atoms with E-state index in [1.807, 2.05) is 32.4 Å². The van der Waals surface area contributed by atoms with Crippen LogP contribution < -0.4 is 20.5 Å². The summed E-state index contributed by atoms with van der Waals surface area (Å²) in [6.45, 7) is 7.66. The number of ether oxygens (including phenoxy) is 5. The Balaban J connectivity index is 1.40. The Kier molecular flexibility index (Phi) is 16.1. The zero-order chi connectivity index (χ0) is 42.5. The zero-order valence-electron chi connectivity index (χ0n) is 33.7. The van der Waals surface area contributed by atoms with Crippen molar-refractivity contribution < 1.29 is 47.1 Å². The van der Waals surface area contributed by atoms with Gasteiger partial charge in [-0.15, -0.1) is 0 Å². The Morgan fingerprint density at radius 3 is 2.15 bits per heavy atom. The molecule has 1 aromatic heterocycles. The number of hydrogen-bond acceptors (Lipinski definition) is 14. The second-order valence-corrected chi connectivity index (χ2v) is 15.2. The molecule has 0 spiro atoms. The van der Waals surface area contributed by atoms with Crippen molar-refractivity contribution in [2.75, 3.05) is 32.8 Å². The first-order valence-electron chi connectivity index (χ1n) is 18.9. The summed E-state index contributed by atoms with van der Waals surface area (Å²) in [6, 6.07) is 25.1. The van der Waals surface area contributed by atoms with Gasteiger partial charge in [0.1, 0.15) is 36.3 Å². The van der Waals surface area contributed by atoms with E-state index in [1.54, 1.807) is 78.9 Å². The van der Waals surface area contributed by atoms with Gasteiger partial charge in [0.15, 0.2) is 6.10 Å². The van der Waals surface area contributed by atoms with Crippen molar-refractivity contribution in [2.45, 2.75) is 77.2 Å². The number of anilines is 1. The van der Waals surface area contributed by atoms with Gasteiger partial charge in [-0.05, 0) is 58.0 Å². The van der Waals surface area contributed by atoms with E-state index in [2.05, 4.69) is 16.4 Å². The van der Waals surface area contributed by atoms with Crippen LogP contribution >= 0.6 is 8.53 Å². The number of methoxy groups -OCH3 is 2. The minimum absolute atomic E-state index is 0.0224. The highest BCUT2D eigenvalue weighted by molar-refractivity contribution is 7.44. The van der Waals surface area contributed by atoms with Crippen molar-refractivity contribution in [3.8, 4) is 17.6 Å². The van der Waals surface area contributed by atoms with Gasteiger partial charge < -0.3 is 38.0 Å². The lowest BCUT2D eigenvalue weighted by atomic mass is 9.99. The number of amides is 1. The van der Waals surface area contributed by atoms with Crippen molar-refractivity contribution in [3.05, 3.63) is 118 Å². The molecule has 3 aromatic carbocycles. The zero-order valence-corrected chi connectivity index (χ0v) is 34.6. The van der Waals surface area contributed by atoms with Gasteiger partial charge in [-0.3, -0.25) is 14.2 Å². The van der Waals surface area contributed by atoms with Crippen LogP contribution in [-0.2, 0) is 23.3 Å². The van der Waals surface area contributed by atoms with Crippen molar-refractivity contribution in [2.24, 2.45) is 0 Å². The first kappa shape index (κ1) is 44.4. The Bertz CT molecular complexity index is 2100. The average Bonchev–Trinajstić information content (AvgIpc) is 3.63. The molecular formula is C42H48N5O11P. The van der Waals surface area contributed by atoms with Crippen LogP contribution in [0.4, 0.5) is 10.6 Å². The molecule has 312 valence electrons. The first-order chi connectivity index (χ1) is 28.4. The maximum Gasteiger partial charge on any atom is 0.509 e. The van der Waals surface area contributed by atoms with Crippen molar-refractivity contribution >= 4 is 32.2 Å². The lowest BCUT2D eigenvalue weighted by molar-refractivity contribution is -0.0600. The number of hydrogen-bond donors (Lipinski definition) is 1. The van der Waals surface area contributed by atoms with Gasteiger partial charge in [-0.2, -0.15) is 10.2 Å². The summed E-state index contributed by atoms with van der Waals surface area (Å²) in [6.07, 6.45) is -3.68. The maximum atomic E-state index is 13.8. The van der Waals surface area contributed by atoms with E-state index in [4.69, 9.17) is 32.7 Å². The number of benzene rings is 3. The summed E-state index contributed by atoms with van der Waals surface area (Å²) >= 11 is 0. The van der Waals surface area contributed by atoms with E-state index >= 15 is 0 Å². The molecule has 1 N–H and O–H groups in total. The molecule has 0 radical (unpaired) electrons. The number of nitrogens with one attached hydrogen (secondary N) is 1.